The van der Waals surface area contributed by atoms with Crippen molar-refractivity contribution in [1.29, 1.82) is 5.26 Å². The van der Waals surface area contributed by atoms with E-state index in [2.05, 4.69) is 10.4 Å². The maximum atomic E-state index is 13.5. The summed E-state index contributed by atoms with van der Waals surface area (Å²) in [5, 5.41) is 16.2. The highest BCUT2D eigenvalue weighted by atomic mass is 19.1. The molecule has 1 aromatic heterocycles. The van der Waals surface area contributed by atoms with Gasteiger partial charge < -0.3 is 5.32 Å². The molecule has 0 saturated heterocycles. The second-order valence-corrected chi connectivity index (χ2v) is 4.43. The quantitative estimate of drug-likeness (QED) is 0.913. The summed E-state index contributed by atoms with van der Waals surface area (Å²) in [6.07, 6.45) is 1.93. The fraction of sp³-hybridized carbons (Fsp3) is 0.286. The van der Waals surface area contributed by atoms with E-state index in [9.17, 15) is 4.39 Å². The molecule has 2 rings (SSSR count). The van der Waals surface area contributed by atoms with E-state index in [1.54, 1.807) is 10.7 Å². The molecular formula is C14H15FN4. The zero-order valence-corrected chi connectivity index (χ0v) is 10.9. The van der Waals surface area contributed by atoms with Crippen molar-refractivity contribution < 1.29 is 4.39 Å². The molecule has 98 valence electrons. The first-order valence-corrected chi connectivity index (χ1v) is 5.98. The fourth-order valence-corrected chi connectivity index (χ4v) is 1.93. The number of rotatable bonds is 4. The Balaban J connectivity index is 2.00. The highest BCUT2D eigenvalue weighted by Gasteiger charge is 2.05. The standard InChI is InChI=1S/C14H15FN4/c1-10-13(9-19(2)18-10)8-17-7-12-5-11(6-16)3-4-14(12)15/h3-5,9,17H,7-8H2,1-2H3. The third-order valence-corrected chi connectivity index (χ3v) is 2.92. The van der Waals surface area contributed by atoms with Crippen molar-refractivity contribution in [3.05, 3.63) is 52.6 Å². The van der Waals surface area contributed by atoms with Crippen LogP contribution in [0, 0.1) is 24.1 Å². The van der Waals surface area contributed by atoms with Gasteiger partial charge in [-0.05, 0) is 25.1 Å². The smallest absolute Gasteiger partial charge is 0.127 e. The summed E-state index contributed by atoms with van der Waals surface area (Å²) in [6.45, 7) is 2.94. The average molecular weight is 258 g/mol. The minimum Gasteiger partial charge on any atom is -0.308 e. The van der Waals surface area contributed by atoms with Gasteiger partial charge in [-0.25, -0.2) is 4.39 Å². The van der Waals surface area contributed by atoms with Crippen LogP contribution in [0.25, 0.3) is 0 Å². The highest BCUT2D eigenvalue weighted by molar-refractivity contribution is 5.33. The molecule has 19 heavy (non-hydrogen) atoms. The van der Waals surface area contributed by atoms with E-state index in [-0.39, 0.29) is 5.82 Å². The van der Waals surface area contributed by atoms with Gasteiger partial charge in [-0.15, -0.1) is 0 Å². The van der Waals surface area contributed by atoms with Crippen LogP contribution in [-0.2, 0) is 20.1 Å². The summed E-state index contributed by atoms with van der Waals surface area (Å²) in [6, 6.07) is 6.38. The predicted molar refractivity (Wildman–Crippen MR) is 69.6 cm³/mol. The van der Waals surface area contributed by atoms with E-state index in [1.165, 1.54) is 12.1 Å². The SMILES string of the molecule is Cc1nn(C)cc1CNCc1cc(C#N)ccc1F. The zero-order chi connectivity index (χ0) is 13.8. The maximum Gasteiger partial charge on any atom is 0.127 e. The lowest BCUT2D eigenvalue weighted by atomic mass is 10.1. The summed E-state index contributed by atoms with van der Waals surface area (Å²) in [5.74, 6) is -0.297. The Labute approximate surface area is 111 Å². The van der Waals surface area contributed by atoms with Gasteiger partial charge in [0.2, 0.25) is 0 Å². The minimum absolute atomic E-state index is 0.297. The first kappa shape index (κ1) is 13.2. The lowest BCUT2D eigenvalue weighted by Gasteiger charge is -2.05. The van der Waals surface area contributed by atoms with Crippen molar-refractivity contribution in [2.75, 3.05) is 0 Å². The Hall–Kier alpha value is -2.19. The second-order valence-electron chi connectivity index (χ2n) is 4.43. The molecule has 1 N–H and O–H groups in total. The summed E-state index contributed by atoms with van der Waals surface area (Å²) in [5.41, 5.74) is 3.01. The number of aromatic nitrogens is 2. The van der Waals surface area contributed by atoms with Gasteiger partial charge in [-0.2, -0.15) is 10.4 Å². The van der Waals surface area contributed by atoms with Gasteiger partial charge in [0.25, 0.3) is 0 Å². The second kappa shape index (κ2) is 5.63. The van der Waals surface area contributed by atoms with Crippen molar-refractivity contribution in [2.24, 2.45) is 7.05 Å². The number of hydrogen-bond donors (Lipinski definition) is 1. The van der Waals surface area contributed by atoms with Crippen LogP contribution in [0.2, 0.25) is 0 Å². The van der Waals surface area contributed by atoms with Crippen molar-refractivity contribution in [1.82, 2.24) is 15.1 Å². The van der Waals surface area contributed by atoms with Gasteiger partial charge >= 0.3 is 0 Å². The van der Waals surface area contributed by atoms with Crippen LogP contribution in [0.4, 0.5) is 4.39 Å². The van der Waals surface area contributed by atoms with Crippen molar-refractivity contribution in [2.45, 2.75) is 20.0 Å². The number of halogens is 1. The summed E-state index contributed by atoms with van der Waals surface area (Å²) < 4.78 is 15.3. The number of nitrogens with one attached hydrogen (secondary N) is 1. The Bertz CT molecular complexity index is 625. The highest BCUT2D eigenvalue weighted by Crippen LogP contribution is 2.10. The van der Waals surface area contributed by atoms with Crippen LogP contribution in [0.1, 0.15) is 22.4 Å². The monoisotopic (exact) mass is 258 g/mol. The maximum absolute atomic E-state index is 13.5. The lowest BCUT2D eigenvalue weighted by Crippen LogP contribution is -2.14. The molecule has 4 nitrogen and oxygen atoms in total. The number of aryl methyl sites for hydroxylation is 2. The molecule has 0 bridgehead atoms. The van der Waals surface area contributed by atoms with Crippen molar-refractivity contribution >= 4 is 0 Å². The Kier molecular flexibility index (Phi) is 3.93. The van der Waals surface area contributed by atoms with E-state index >= 15 is 0 Å². The molecule has 1 heterocycles. The normalized spacial score (nSPS) is 10.4. The molecule has 0 fully saturated rings. The topological polar surface area (TPSA) is 53.6 Å². The first-order valence-electron chi connectivity index (χ1n) is 5.98. The van der Waals surface area contributed by atoms with Crippen LogP contribution in [0.5, 0.6) is 0 Å². The first-order chi connectivity index (χ1) is 9.10. The molecular weight excluding hydrogens is 243 g/mol. The largest absolute Gasteiger partial charge is 0.308 e. The predicted octanol–water partition coefficient (Wildman–Crippen LogP) is 2.03. The van der Waals surface area contributed by atoms with E-state index in [1.807, 2.05) is 26.2 Å². The molecule has 0 saturated carbocycles. The van der Waals surface area contributed by atoms with E-state index < -0.39 is 0 Å². The Morgan fingerprint density at radius 3 is 2.74 bits per heavy atom. The van der Waals surface area contributed by atoms with Crippen molar-refractivity contribution in [3.63, 3.8) is 0 Å². The number of hydrogen-bond acceptors (Lipinski definition) is 3. The summed E-state index contributed by atoms with van der Waals surface area (Å²) in [7, 11) is 1.87. The van der Waals surface area contributed by atoms with Gasteiger partial charge in [0.1, 0.15) is 5.82 Å². The van der Waals surface area contributed by atoms with Gasteiger partial charge in [0, 0.05) is 37.5 Å². The van der Waals surface area contributed by atoms with Crippen LogP contribution in [0.3, 0.4) is 0 Å². The summed E-state index contributed by atoms with van der Waals surface area (Å²) in [4.78, 5) is 0. The third kappa shape index (κ3) is 3.18. The van der Waals surface area contributed by atoms with Gasteiger partial charge in [-0.1, -0.05) is 0 Å². The molecule has 0 aliphatic heterocycles. The molecule has 0 atom stereocenters. The zero-order valence-electron chi connectivity index (χ0n) is 10.9. The van der Waals surface area contributed by atoms with Gasteiger partial charge in [-0.3, -0.25) is 4.68 Å². The molecule has 0 aliphatic carbocycles. The molecule has 2 aromatic rings. The third-order valence-electron chi connectivity index (χ3n) is 2.92. The molecule has 0 aliphatic rings. The van der Waals surface area contributed by atoms with E-state index in [0.29, 0.717) is 24.2 Å². The number of benzene rings is 1. The van der Waals surface area contributed by atoms with Gasteiger partial charge in [0.15, 0.2) is 0 Å². The van der Waals surface area contributed by atoms with E-state index in [4.69, 9.17) is 5.26 Å². The summed E-state index contributed by atoms with van der Waals surface area (Å²) >= 11 is 0. The van der Waals surface area contributed by atoms with Crippen LogP contribution < -0.4 is 5.32 Å². The molecule has 0 amide bonds. The minimum atomic E-state index is -0.297. The molecule has 0 radical (unpaired) electrons. The van der Waals surface area contributed by atoms with Crippen LogP contribution in [0.15, 0.2) is 24.4 Å². The van der Waals surface area contributed by atoms with Crippen LogP contribution in [-0.4, -0.2) is 9.78 Å². The Morgan fingerprint density at radius 2 is 2.11 bits per heavy atom. The molecule has 5 heteroatoms. The van der Waals surface area contributed by atoms with Crippen LogP contribution >= 0.6 is 0 Å². The molecule has 0 unspecified atom stereocenters. The number of nitrogens with zero attached hydrogens (tertiary/aromatic N) is 3. The average Bonchev–Trinajstić information content (AvgIpc) is 2.70. The lowest BCUT2D eigenvalue weighted by molar-refractivity contribution is 0.587. The number of nitriles is 1. The van der Waals surface area contributed by atoms with E-state index in [0.717, 1.165) is 11.3 Å². The van der Waals surface area contributed by atoms with Crippen molar-refractivity contribution in [3.8, 4) is 6.07 Å². The van der Waals surface area contributed by atoms with Gasteiger partial charge in [0.05, 0.1) is 17.3 Å². The molecule has 0 spiro atoms. The fourth-order valence-electron chi connectivity index (χ4n) is 1.93. The Morgan fingerprint density at radius 1 is 1.37 bits per heavy atom. The molecule has 1 aromatic carbocycles.